The standard InChI is InChI=1S/C40H54O2/c1-29(18-13-20-31(3)23-25-35-33(5)22-15-27-39(35,7)8)16-11-12-17-30(2)19-14-21-32(4)24-26-36-34(6)37(41)28-38(42)40(36,9)10/h11-14,16-21,23-26,38,42H,15,22,27-28H2,1-10H3/b12-11+,18-13?,19-14+,25-23?,26-24+,29-16?,30-17+,31-20?,32-21+. The Morgan fingerprint density at radius 3 is 1.67 bits per heavy atom. The van der Waals surface area contributed by atoms with Crippen molar-refractivity contribution in [1.29, 1.82) is 0 Å². The fraction of sp³-hybridized carbons (Fsp3) is 0.425. The molecule has 1 unspecified atom stereocenters. The Kier molecular flexibility index (Phi) is 13.2. The lowest BCUT2D eigenvalue weighted by molar-refractivity contribution is -0.120. The van der Waals surface area contributed by atoms with Crippen LogP contribution in [-0.4, -0.2) is 17.0 Å². The third-order valence-electron chi connectivity index (χ3n) is 8.56. The molecule has 2 aliphatic rings. The first-order valence-electron chi connectivity index (χ1n) is 15.4. The summed E-state index contributed by atoms with van der Waals surface area (Å²) < 4.78 is 0. The lowest BCUT2D eigenvalue weighted by atomic mass is 9.70. The van der Waals surface area contributed by atoms with Gasteiger partial charge in [0.15, 0.2) is 5.78 Å². The second-order valence-corrected chi connectivity index (χ2v) is 13.2. The first-order valence-corrected chi connectivity index (χ1v) is 15.4. The van der Waals surface area contributed by atoms with Gasteiger partial charge >= 0.3 is 0 Å². The molecule has 226 valence electrons. The minimum atomic E-state index is -0.650. The van der Waals surface area contributed by atoms with E-state index in [0.29, 0.717) is 0 Å². The zero-order valence-electron chi connectivity index (χ0n) is 27.8. The van der Waals surface area contributed by atoms with Crippen molar-refractivity contribution in [2.24, 2.45) is 10.8 Å². The Morgan fingerprint density at radius 2 is 1.17 bits per heavy atom. The number of aliphatic hydroxyl groups is 1. The minimum Gasteiger partial charge on any atom is -0.392 e. The molecule has 0 amide bonds. The molecule has 0 aromatic heterocycles. The van der Waals surface area contributed by atoms with E-state index in [1.54, 1.807) is 0 Å². The average Bonchev–Trinajstić information content (AvgIpc) is 2.89. The van der Waals surface area contributed by atoms with Gasteiger partial charge in [0.1, 0.15) is 0 Å². The monoisotopic (exact) mass is 566 g/mol. The second-order valence-electron chi connectivity index (χ2n) is 13.2. The van der Waals surface area contributed by atoms with Gasteiger partial charge < -0.3 is 5.11 Å². The van der Waals surface area contributed by atoms with Crippen LogP contribution < -0.4 is 0 Å². The van der Waals surface area contributed by atoms with Crippen LogP contribution in [0, 0.1) is 10.8 Å². The van der Waals surface area contributed by atoms with Crippen LogP contribution in [0.4, 0.5) is 0 Å². The van der Waals surface area contributed by atoms with Gasteiger partial charge in [-0.25, -0.2) is 0 Å². The van der Waals surface area contributed by atoms with Crippen LogP contribution in [0.25, 0.3) is 0 Å². The molecule has 0 aromatic carbocycles. The van der Waals surface area contributed by atoms with Crippen LogP contribution in [-0.2, 0) is 4.79 Å². The smallest absolute Gasteiger partial charge is 0.161 e. The molecule has 0 aliphatic heterocycles. The molecule has 0 saturated carbocycles. The zero-order valence-corrected chi connectivity index (χ0v) is 27.8. The van der Waals surface area contributed by atoms with Gasteiger partial charge in [-0.15, -0.1) is 0 Å². The molecule has 2 aliphatic carbocycles. The van der Waals surface area contributed by atoms with E-state index in [9.17, 15) is 9.90 Å². The van der Waals surface area contributed by atoms with E-state index >= 15 is 0 Å². The number of hydrogen-bond donors (Lipinski definition) is 1. The highest BCUT2D eigenvalue weighted by Crippen LogP contribution is 2.41. The number of carbonyl (C=O) groups is 1. The van der Waals surface area contributed by atoms with E-state index in [4.69, 9.17) is 0 Å². The SMILES string of the molecule is CC(C=CC1=C(C)CCCC1(C)C)=CC=CC(C)=C/C=C/C=C(C)/C=C/C=C(C)/C=C/C1=C(C)C(=O)CC(O)C1(C)C. The largest absolute Gasteiger partial charge is 0.392 e. The van der Waals surface area contributed by atoms with Crippen molar-refractivity contribution in [2.75, 3.05) is 0 Å². The van der Waals surface area contributed by atoms with Gasteiger partial charge in [0.2, 0.25) is 0 Å². The summed E-state index contributed by atoms with van der Waals surface area (Å²) >= 11 is 0. The number of ketones is 1. The Hall–Kier alpha value is -3.23. The number of aliphatic hydroxyl groups excluding tert-OH is 1. The fourth-order valence-electron chi connectivity index (χ4n) is 5.52. The van der Waals surface area contributed by atoms with Crippen molar-refractivity contribution in [2.45, 2.75) is 101 Å². The van der Waals surface area contributed by atoms with Crippen LogP contribution >= 0.6 is 0 Å². The highest BCUT2D eigenvalue weighted by Gasteiger charge is 2.38. The van der Waals surface area contributed by atoms with Gasteiger partial charge in [0.05, 0.1) is 6.10 Å². The molecular formula is C40H54O2. The molecule has 0 spiro atoms. The summed E-state index contributed by atoms with van der Waals surface area (Å²) in [5, 5.41) is 10.4. The molecule has 0 heterocycles. The Bertz CT molecular complexity index is 1330. The fourth-order valence-corrected chi connectivity index (χ4v) is 5.52. The average molecular weight is 567 g/mol. The maximum absolute atomic E-state index is 12.2. The van der Waals surface area contributed by atoms with Gasteiger partial charge in [0, 0.05) is 11.8 Å². The molecule has 42 heavy (non-hydrogen) atoms. The first-order chi connectivity index (χ1) is 19.6. The third-order valence-corrected chi connectivity index (χ3v) is 8.56. The van der Waals surface area contributed by atoms with Crippen molar-refractivity contribution in [1.82, 2.24) is 0 Å². The Labute approximate surface area is 256 Å². The molecule has 0 saturated heterocycles. The van der Waals surface area contributed by atoms with Crippen LogP contribution in [0.1, 0.15) is 94.9 Å². The summed E-state index contributed by atoms with van der Waals surface area (Å²) in [5.74, 6) is 0.0276. The Morgan fingerprint density at radius 1 is 0.714 bits per heavy atom. The summed E-state index contributed by atoms with van der Waals surface area (Å²) in [6, 6.07) is 0. The minimum absolute atomic E-state index is 0.0276. The van der Waals surface area contributed by atoms with Gasteiger partial charge in [-0.1, -0.05) is 141 Å². The van der Waals surface area contributed by atoms with Crippen molar-refractivity contribution in [3.63, 3.8) is 0 Å². The molecule has 0 fully saturated rings. The van der Waals surface area contributed by atoms with Crippen molar-refractivity contribution in [3.8, 4) is 0 Å². The number of rotatable bonds is 10. The number of carbonyl (C=O) groups excluding carboxylic acids is 1. The summed E-state index contributed by atoms with van der Waals surface area (Å²) in [7, 11) is 0. The molecule has 2 heteroatoms. The molecule has 1 N–H and O–H groups in total. The van der Waals surface area contributed by atoms with E-state index < -0.39 is 11.5 Å². The van der Waals surface area contributed by atoms with Gasteiger partial charge in [-0.3, -0.25) is 4.79 Å². The third kappa shape index (κ3) is 10.6. The molecular weight excluding hydrogens is 512 g/mol. The van der Waals surface area contributed by atoms with Gasteiger partial charge in [-0.2, -0.15) is 0 Å². The topological polar surface area (TPSA) is 37.3 Å². The number of allylic oxidation sites excluding steroid dienone is 21. The van der Waals surface area contributed by atoms with E-state index in [2.05, 4.69) is 108 Å². The molecule has 0 aromatic rings. The van der Waals surface area contributed by atoms with E-state index in [-0.39, 0.29) is 17.6 Å². The first kappa shape index (κ1) is 35.0. The second kappa shape index (κ2) is 15.8. The van der Waals surface area contributed by atoms with Gasteiger partial charge in [-0.05, 0) is 82.9 Å². The Balaban J connectivity index is 1.92. The summed E-state index contributed by atoms with van der Waals surface area (Å²) in [4.78, 5) is 12.2. The number of Topliss-reactive ketones (excluding diaryl/α,β-unsaturated/α-hetero) is 1. The zero-order chi connectivity index (χ0) is 31.5. The molecule has 2 nitrogen and oxygen atoms in total. The lowest BCUT2D eigenvalue weighted by Gasteiger charge is -2.36. The quantitative estimate of drug-likeness (QED) is 0.267. The van der Waals surface area contributed by atoms with Crippen LogP contribution in [0.5, 0.6) is 0 Å². The van der Waals surface area contributed by atoms with Gasteiger partial charge in [0.25, 0.3) is 0 Å². The van der Waals surface area contributed by atoms with Crippen LogP contribution in [0.2, 0.25) is 0 Å². The van der Waals surface area contributed by atoms with E-state index in [1.165, 1.54) is 41.6 Å². The van der Waals surface area contributed by atoms with E-state index in [1.807, 2.05) is 45.9 Å². The van der Waals surface area contributed by atoms with Crippen LogP contribution in [0.15, 0.2) is 130 Å². The van der Waals surface area contributed by atoms with Crippen molar-refractivity contribution < 1.29 is 9.90 Å². The molecule has 0 radical (unpaired) electrons. The summed E-state index contributed by atoms with van der Waals surface area (Å²) in [5.41, 5.74) is 9.21. The van der Waals surface area contributed by atoms with Crippen molar-refractivity contribution in [3.05, 3.63) is 130 Å². The number of hydrogen-bond acceptors (Lipinski definition) is 2. The maximum Gasteiger partial charge on any atom is 0.161 e. The van der Waals surface area contributed by atoms with Crippen LogP contribution in [0.3, 0.4) is 0 Å². The molecule has 2 rings (SSSR count). The molecule has 0 bridgehead atoms. The highest BCUT2D eigenvalue weighted by molar-refractivity contribution is 5.97. The summed E-state index contributed by atoms with van der Waals surface area (Å²) in [6.45, 7) is 21.2. The van der Waals surface area contributed by atoms with E-state index in [0.717, 1.165) is 22.3 Å². The highest BCUT2D eigenvalue weighted by atomic mass is 16.3. The molecule has 1 atom stereocenters. The summed E-state index contributed by atoms with van der Waals surface area (Å²) in [6.07, 6.45) is 32.8. The predicted octanol–water partition coefficient (Wildman–Crippen LogP) is 10.8. The maximum atomic E-state index is 12.2. The lowest BCUT2D eigenvalue weighted by Crippen LogP contribution is -2.38. The predicted molar refractivity (Wildman–Crippen MR) is 183 cm³/mol. The normalized spacial score (nSPS) is 23.3. The van der Waals surface area contributed by atoms with Crippen molar-refractivity contribution >= 4 is 5.78 Å².